The highest BCUT2D eigenvalue weighted by atomic mass is 19.2. The lowest BCUT2D eigenvalue weighted by atomic mass is 10.0. The molecule has 0 aromatic heterocycles. The van der Waals surface area contributed by atoms with Crippen molar-refractivity contribution in [2.75, 3.05) is 20.2 Å². The van der Waals surface area contributed by atoms with Gasteiger partial charge in [-0.25, -0.2) is 8.78 Å². The number of hydrogen-bond donors (Lipinski definition) is 0. The highest BCUT2D eigenvalue weighted by molar-refractivity contribution is 5.20. The maximum absolute atomic E-state index is 13.2. The molecule has 2 unspecified atom stereocenters. The molecule has 1 aliphatic rings. The molecule has 19 heavy (non-hydrogen) atoms. The van der Waals surface area contributed by atoms with E-state index in [2.05, 4.69) is 4.90 Å². The van der Waals surface area contributed by atoms with Crippen molar-refractivity contribution in [3.63, 3.8) is 0 Å². The lowest BCUT2D eigenvalue weighted by Crippen LogP contribution is -2.34. The molecule has 106 valence electrons. The second-order valence-corrected chi connectivity index (χ2v) is 5.28. The molecule has 0 aliphatic carbocycles. The zero-order valence-corrected chi connectivity index (χ0v) is 11.5. The maximum atomic E-state index is 13.2. The van der Waals surface area contributed by atoms with Gasteiger partial charge in [-0.1, -0.05) is 6.07 Å². The number of benzene rings is 1. The molecule has 0 spiro atoms. The topological polar surface area (TPSA) is 12.5 Å². The molecule has 0 saturated carbocycles. The van der Waals surface area contributed by atoms with Crippen molar-refractivity contribution in [1.82, 2.24) is 4.90 Å². The average Bonchev–Trinajstić information content (AvgIpc) is 2.42. The van der Waals surface area contributed by atoms with Crippen LogP contribution in [-0.4, -0.2) is 31.2 Å². The van der Waals surface area contributed by atoms with Crippen molar-refractivity contribution in [2.45, 2.75) is 38.3 Å². The Morgan fingerprint density at radius 3 is 2.74 bits per heavy atom. The summed E-state index contributed by atoms with van der Waals surface area (Å²) in [4.78, 5) is 2.13. The summed E-state index contributed by atoms with van der Waals surface area (Å²) >= 11 is 0. The largest absolute Gasteiger partial charge is 0.377 e. The number of likely N-dealkylation sites (N-methyl/N-ethyl adjacent to an activating group) is 1. The average molecular weight is 269 g/mol. The van der Waals surface area contributed by atoms with E-state index >= 15 is 0 Å². The molecule has 2 atom stereocenters. The van der Waals surface area contributed by atoms with E-state index in [0.717, 1.165) is 31.6 Å². The number of nitrogens with zero attached hydrogens (tertiary/aromatic N) is 1. The second kappa shape index (κ2) is 6.44. The first-order valence-electron chi connectivity index (χ1n) is 6.84. The standard InChI is InChI=1S/C15H21F2NO/c1-11(12-6-7-14(16)15(17)9-12)18(2)10-13-5-3-4-8-19-13/h6-7,9,11,13H,3-5,8,10H2,1-2H3. The van der Waals surface area contributed by atoms with Crippen molar-refractivity contribution in [3.8, 4) is 0 Å². The minimum Gasteiger partial charge on any atom is -0.377 e. The van der Waals surface area contributed by atoms with Gasteiger partial charge in [-0.15, -0.1) is 0 Å². The van der Waals surface area contributed by atoms with Crippen molar-refractivity contribution < 1.29 is 13.5 Å². The van der Waals surface area contributed by atoms with Gasteiger partial charge in [0.25, 0.3) is 0 Å². The first kappa shape index (κ1) is 14.4. The summed E-state index contributed by atoms with van der Waals surface area (Å²) in [5.41, 5.74) is 0.789. The van der Waals surface area contributed by atoms with Crippen LogP contribution in [0.3, 0.4) is 0 Å². The highest BCUT2D eigenvalue weighted by Crippen LogP contribution is 2.23. The molecule has 4 heteroatoms. The lowest BCUT2D eigenvalue weighted by molar-refractivity contribution is -0.00717. The number of rotatable bonds is 4. The Morgan fingerprint density at radius 2 is 2.11 bits per heavy atom. The van der Waals surface area contributed by atoms with Crippen LogP contribution in [0.15, 0.2) is 18.2 Å². The predicted molar refractivity (Wildman–Crippen MR) is 71.0 cm³/mol. The van der Waals surface area contributed by atoms with E-state index in [0.29, 0.717) is 0 Å². The first-order valence-corrected chi connectivity index (χ1v) is 6.84. The van der Waals surface area contributed by atoms with E-state index in [1.807, 2.05) is 14.0 Å². The van der Waals surface area contributed by atoms with Crippen LogP contribution in [0.2, 0.25) is 0 Å². The van der Waals surface area contributed by atoms with E-state index < -0.39 is 11.6 Å². The summed E-state index contributed by atoms with van der Waals surface area (Å²) in [5.74, 6) is -1.58. The Hall–Kier alpha value is -1.00. The van der Waals surface area contributed by atoms with Crippen LogP contribution >= 0.6 is 0 Å². The summed E-state index contributed by atoms with van der Waals surface area (Å²) in [6, 6.07) is 4.15. The van der Waals surface area contributed by atoms with Crippen molar-refractivity contribution in [1.29, 1.82) is 0 Å². The smallest absolute Gasteiger partial charge is 0.159 e. The zero-order chi connectivity index (χ0) is 13.8. The molecule has 1 fully saturated rings. The van der Waals surface area contributed by atoms with Gasteiger partial charge in [0.2, 0.25) is 0 Å². The molecule has 0 N–H and O–H groups in total. The van der Waals surface area contributed by atoms with Crippen LogP contribution in [0.5, 0.6) is 0 Å². The normalized spacial score (nSPS) is 21.6. The molecular weight excluding hydrogens is 248 g/mol. The summed E-state index contributed by atoms with van der Waals surface area (Å²) in [6.07, 6.45) is 3.68. The molecule has 1 heterocycles. The van der Waals surface area contributed by atoms with Gasteiger partial charge in [0.15, 0.2) is 11.6 Å². The Morgan fingerprint density at radius 1 is 1.32 bits per heavy atom. The van der Waals surface area contributed by atoms with Crippen LogP contribution in [-0.2, 0) is 4.74 Å². The Balaban J connectivity index is 1.97. The minimum atomic E-state index is -0.797. The number of halogens is 2. The first-order chi connectivity index (χ1) is 9.08. The molecule has 2 nitrogen and oxygen atoms in total. The summed E-state index contributed by atoms with van der Waals surface area (Å²) < 4.78 is 31.9. The van der Waals surface area contributed by atoms with Crippen LogP contribution in [0, 0.1) is 11.6 Å². The summed E-state index contributed by atoms with van der Waals surface area (Å²) in [6.45, 7) is 3.65. The zero-order valence-electron chi connectivity index (χ0n) is 11.5. The summed E-state index contributed by atoms with van der Waals surface area (Å²) in [7, 11) is 1.99. The third-order valence-corrected chi connectivity index (χ3v) is 3.85. The summed E-state index contributed by atoms with van der Waals surface area (Å²) in [5, 5.41) is 0. The van der Waals surface area contributed by atoms with E-state index in [1.165, 1.54) is 18.6 Å². The van der Waals surface area contributed by atoms with Gasteiger partial charge in [-0.05, 0) is 50.9 Å². The van der Waals surface area contributed by atoms with Gasteiger partial charge < -0.3 is 4.74 Å². The third-order valence-electron chi connectivity index (χ3n) is 3.85. The van der Waals surface area contributed by atoms with Gasteiger partial charge in [0.05, 0.1) is 6.10 Å². The fourth-order valence-electron chi connectivity index (χ4n) is 2.46. The van der Waals surface area contributed by atoms with E-state index in [4.69, 9.17) is 4.74 Å². The molecule has 1 aliphatic heterocycles. The highest BCUT2D eigenvalue weighted by Gasteiger charge is 2.20. The molecule has 0 radical (unpaired) electrons. The third kappa shape index (κ3) is 3.74. The fourth-order valence-corrected chi connectivity index (χ4v) is 2.46. The van der Waals surface area contributed by atoms with Crippen LogP contribution in [0.1, 0.15) is 37.8 Å². The van der Waals surface area contributed by atoms with Gasteiger partial charge in [-0.2, -0.15) is 0 Å². The van der Waals surface area contributed by atoms with Crippen molar-refractivity contribution in [2.24, 2.45) is 0 Å². The molecule has 0 amide bonds. The number of ether oxygens (including phenoxy) is 1. The van der Waals surface area contributed by atoms with Gasteiger partial charge in [0, 0.05) is 19.2 Å². The Labute approximate surface area is 113 Å². The Bertz CT molecular complexity index is 419. The van der Waals surface area contributed by atoms with Crippen LogP contribution < -0.4 is 0 Å². The molecular formula is C15H21F2NO. The maximum Gasteiger partial charge on any atom is 0.159 e. The number of hydrogen-bond acceptors (Lipinski definition) is 2. The van der Waals surface area contributed by atoms with Gasteiger partial charge in [-0.3, -0.25) is 4.90 Å². The van der Waals surface area contributed by atoms with Gasteiger partial charge in [0.1, 0.15) is 0 Å². The second-order valence-electron chi connectivity index (χ2n) is 5.28. The molecule has 1 aromatic carbocycles. The van der Waals surface area contributed by atoms with E-state index in [-0.39, 0.29) is 12.1 Å². The van der Waals surface area contributed by atoms with Crippen molar-refractivity contribution >= 4 is 0 Å². The quantitative estimate of drug-likeness (QED) is 0.829. The monoisotopic (exact) mass is 269 g/mol. The molecule has 1 saturated heterocycles. The van der Waals surface area contributed by atoms with Crippen LogP contribution in [0.4, 0.5) is 8.78 Å². The minimum absolute atomic E-state index is 0.0422. The molecule has 2 rings (SSSR count). The van der Waals surface area contributed by atoms with Crippen LogP contribution in [0.25, 0.3) is 0 Å². The van der Waals surface area contributed by atoms with Crippen molar-refractivity contribution in [3.05, 3.63) is 35.4 Å². The SMILES string of the molecule is CC(c1ccc(F)c(F)c1)N(C)CC1CCCCO1. The Kier molecular flexibility index (Phi) is 4.88. The molecule has 0 bridgehead atoms. The lowest BCUT2D eigenvalue weighted by Gasteiger charge is -2.31. The van der Waals surface area contributed by atoms with Gasteiger partial charge >= 0.3 is 0 Å². The molecule has 1 aromatic rings. The predicted octanol–water partition coefficient (Wildman–Crippen LogP) is 3.53. The van der Waals surface area contributed by atoms with E-state index in [9.17, 15) is 8.78 Å². The van der Waals surface area contributed by atoms with E-state index in [1.54, 1.807) is 6.07 Å². The fraction of sp³-hybridized carbons (Fsp3) is 0.600.